The lowest BCUT2D eigenvalue weighted by atomic mass is 10.2. The number of aryl methyl sites for hydroxylation is 1. The van der Waals surface area contributed by atoms with Crippen molar-refractivity contribution in [3.63, 3.8) is 0 Å². The number of carbonyl (C=O) groups excluding carboxylic acids is 1. The van der Waals surface area contributed by atoms with Crippen LogP contribution >= 0.6 is 0 Å². The molecule has 3 nitrogen and oxygen atoms in total. The Bertz CT molecular complexity index is 339. The second-order valence-corrected chi connectivity index (χ2v) is 3.01. The summed E-state index contributed by atoms with van der Waals surface area (Å²) >= 11 is 0. The van der Waals surface area contributed by atoms with Crippen LogP contribution in [0.15, 0.2) is 18.2 Å². The third kappa shape index (κ3) is 2.73. The van der Waals surface area contributed by atoms with E-state index in [0.29, 0.717) is 5.69 Å². The van der Waals surface area contributed by atoms with Crippen LogP contribution in [0.1, 0.15) is 5.56 Å². The fourth-order valence-electron chi connectivity index (χ4n) is 1.03. The van der Waals surface area contributed by atoms with E-state index in [-0.39, 0.29) is 18.3 Å². The molecule has 1 amide bonds. The maximum atomic E-state index is 13.2. The maximum Gasteiger partial charge on any atom is 0.239 e. The Labute approximate surface area is 82.3 Å². The van der Waals surface area contributed by atoms with E-state index in [9.17, 15) is 9.18 Å². The van der Waals surface area contributed by atoms with E-state index in [4.69, 9.17) is 0 Å². The molecule has 0 saturated carbocycles. The molecule has 0 radical (unpaired) electrons. The number of halogens is 1. The molecule has 0 fully saturated rings. The number of nitrogens with one attached hydrogen (secondary N) is 2. The van der Waals surface area contributed by atoms with Crippen molar-refractivity contribution in [3.05, 3.63) is 29.6 Å². The molecular formula is C10H13FN2O. The minimum Gasteiger partial charge on any atom is -0.374 e. The highest BCUT2D eigenvalue weighted by atomic mass is 19.1. The van der Waals surface area contributed by atoms with E-state index in [2.05, 4.69) is 10.6 Å². The number of hydrogen-bond acceptors (Lipinski definition) is 2. The van der Waals surface area contributed by atoms with Gasteiger partial charge < -0.3 is 10.6 Å². The summed E-state index contributed by atoms with van der Waals surface area (Å²) in [6.07, 6.45) is 0. The van der Waals surface area contributed by atoms with Crippen LogP contribution in [0.2, 0.25) is 0 Å². The van der Waals surface area contributed by atoms with Crippen molar-refractivity contribution < 1.29 is 9.18 Å². The largest absolute Gasteiger partial charge is 0.374 e. The first-order valence-electron chi connectivity index (χ1n) is 4.34. The smallest absolute Gasteiger partial charge is 0.239 e. The van der Waals surface area contributed by atoms with Crippen LogP contribution < -0.4 is 10.6 Å². The first-order chi connectivity index (χ1) is 6.63. The number of carbonyl (C=O) groups is 1. The summed E-state index contributed by atoms with van der Waals surface area (Å²) in [5.41, 5.74) is 1.20. The first kappa shape index (κ1) is 10.5. The molecule has 2 N–H and O–H groups in total. The standard InChI is InChI=1S/C10H13FN2O/c1-7-3-4-9(8(11)5-7)13-6-10(14)12-2/h3-5,13H,6H2,1-2H3,(H,12,14). The van der Waals surface area contributed by atoms with Gasteiger partial charge in [-0.25, -0.2) is 4.39 Å². The summed E-state index contributed by atoms with van der Waals surface area (Å²) in [6, 6.07) is 4.83. The quantitative estimate of drug-likeness (QED) is 0.764. The number of rotatable bonds is 3. The lowest BCUT2D eigenvalue weighted by molar-refractivity contribution is -0.118. The van der Waals surface area contributed by atoms with Gasteiger partial charge >= 0.3 is 0 Å². The van der Waals surface area contributed by atoms with Crippen LogP contribution in [0.3, 0.4) is 0 Å². The van der Waals surface area contributed by atoms with Gasteiger partial charge in [-0.1, -0.05) is 6.07 Å². The van der Waals surface area contributed by atoms with Crippen LogP contribution in [0.4, 0.5) is 10.1 Å². The molecule has 0 heterocycles. The zero-order chi connectivity index (χ0) is 10.6. The van der Waals surface area contributed by atoms with Gasteiger partial charge in [0, 0.05) is 7.05 Å². The van der Waals surface area contributed by atoms with Crippen molar-refractivity contribution >= 4 is 11.6 Å². The monoisotopic (exact) mass is 196 g/mol. The topological polar surface area (TPSA) is 41.1 Å². The normalized spacial score (nSPS) is 9.64. The van der Waals surface area contributed by atoms with Crippen molar-refractivity contribution in [2.75, 3.05) is 18.9 Å². The molecule has 0 saturated heterocycles. The summed E-state index contributed by atoms with van der Waals surface area (Å²) < 4.78 is 13.2. The van der Waals surface area contributed by atoms with Crippen molar-refractivity contribution in [2.45, 2.75) is 6.92 Å². The Kier molecular flexibility index (Phi) is 3.45. The van der Waals surface area contributed by atoms with Crippen molar-refractivity contribution in [3.8, 4) is 0 Å². The molecule has 76 valence electrons. The van der Waals surface area contributed by atoms with Crippen molar-refractivity contribution in [1.29, 1.82) is 0 Å². The van der Waals surface area contributed by atoms with E-state index < -0.39 is 0 Å². The van der Waals surface area contributed by atoms with E-state index in [1.807, 2.05) is 6.92 Å². The lowest BCUT2D eigenvalue weighted by Crippen LogP contribution is -2.26. The number of amides is 1. The van der Waals surface area contributed by atoms with E-state index in [1.54, 1.807) is 12.1 Å². The number of benzene rings is 1. The van der Waals surface area contributed by atoms with Gasteiger partial charge in [-0.3, -0.25) is 4.79 Å². The van der Waals surface area contributed by atoms with Crippen LogP contribution in [-0.4, -0.2) is 19.5 Å². The number of anilines is 1. The SMILES string of the molecule is CNC(=O)CNc1ccc(C)cc1F. The molecule has 0 unspecified atom stereocenters. The van der Waals surface area contributed by atoms with Gasteiger partial charge in [-0.2, -0.15) is 0 Å². The van der Waals surface area contributed by atoms with Gasteiger partial charge in [-0.15, -0.1) is 0 Å². The van der Waals surface area contributed by atoms with Crippen molar-refractivity contribution in [1.82, 2.24) is 5.32 Å². The second kappa shape index (κ2) is 4.60. The van der Waals surface area contributed by atoms with Gasteiger partial charge in [0.15, 0.2) is 0 Å². The first-order valence-corrected chi connectivity index (χ1v) is 4.34. The fourth-order valence-corrected chi connectivity index (χ4v) is 1.03. The predicted octanol–water partition coefficient (Wildman–Crippen LogP) is 1.29. The Morgan fingerprint density at radius 1 is 1.50 bits per heavy atom. The average molecular weight is 196 g/mol. The van der Waals surface area contributed by atoms with Crippen molar-refractivity contribution in [2.24, 2.45) is 0 Å². The molecular weight excluding hydrogens is 183 g/mol. The maximum absolute atomic E-state index is 13.2. The molecule has 0 spiro atoms. The molecule has 0 aliphatic rings. The molecule has 1 aromatic rings. The predicted molar refractivity (Wildman–Crippen MR) is 53.7 cm³/mol. The minimum absolute atomic E-state index is 0.0798. The molecule has 1 rings (SSSR count). The molecule has 0 aliphatic heterocycles. The highest BCUT2D eigenvalue weighted by Crippen LogP contribution is 2.14. The lowest BCUT2D eigenvalue weighted by Gasteiger charge is -2.06. The highest BCUT2D eigenvalue weighted by Gasteiger charge is 2.03. The van der Waals surface area contributed by atoms with Gasteiger partial charge in [0.2, 0.25) is 5.91 Å². The molecule has 4 heteroatoms. The summed E-state index contributed by atoms with van der Waals surface area (Å²) in [5, 5.41) is 5.15. The average Bonchev–Trinajstić information content (AvgIpc) is 2.16. The van der Waals surface area contributed by atoms with Gasteiger partial charge in [0.25, 0.3) is 0 Å². The summed E-state index contributed by atoms with van der Waals surface area (Å²) in [7, 11) is 1.54. The van der Waals surface area contributed by atoms with Crippen LogP contribution in [0.5, 0.6) is 0 Å². The highest BCUT2D eigenvalue weighted by molar-refractivity contribution is 5.80. The molecule has 0 atom stereocenters. The van der Waals surface area contributed by atoms with E-state index in [0.717, 1.165) is 5.56 Å². The third-order valence-corrected chi connectivity index (χ3v) is 1.84. The Hall–Kier alpha value is -1.58. The van der Waals surface area contributed by atoms with Crippen LogP contribution in [0, 0.1) is 12.7 Å². The summed E-state index contributed by atoms with van der Waals surface area (Å²) in [5.74, 6) is -0.515. The van der Waals surface area contributed by atoms with Gasteiger partial charge in [0.1, 0.15) is 5.82 Å². The Balaban J connectivity index is 2.63. The second-order valence-electron chi connectivity index (χ2n) is 3.01. The number of likely N-dealkylation sites (N-methyl/N-ethyl adjacent to an activating group) is 1. The van der Waals surface area contributed by atoms with Gasteiger partial charge in [-0.05, 0) is 24.6 Å². The van der Waals surface area contributed by atoms with E-state index >= 15 is 0 Å². The zero-order valence-corrected chi connectivity index (χ0v) is 8.23. The Morgan fingerprint density at radius 2 is 2.21 bits per heavy atom. The molecule has 0 aromatic heterocycles. The Morgan fingerprint density at radius 3 is 2.79 bits per heavy atom. The number of hydrogen-bond donors (Lipinski definition) is 2. The summed E-state index contributed by atoms with van der Waals surface area (Å²) in [4.78, 5) is 10.9. The fraction of sp³-hybridized carbons (Fsp3) is 0.300. The van der Waals surface area contributed by atoms with Gasteiger partial charge in [0.05, 0.1) is 12.2 Å². The third-order valence-electron chi connectivity index (χ3n) is 1.84. The summed E-state index contributed by atoms with van der Waals surface area (Å²) in [6.45, 7) is 1.89. The zero-order valence-electron chi connectivity index (χ0n) is 8.23. The molecule has 1 aromatic carbocycles. The van der Waals surface area contributed by atoms with Crippen LogP contribution in [-0.2, 0) is 4.79 Å². The molecule has 14 heavy (non-hydrogen) atoms. The molecule has 0 aliphatic carbocycles. The van der Waals surface area contributed by atoms with E-state index in [1.165, 1.54) is 13.1 Å². The minimum atomic E-state index is -0.339. The molecule has 0 bridgehead atoms. The van der Waals surface area contributed by atoms with Crippen LogP contribution in [0.25, 0.3) is 0 Å².